The van der Waals surface area contributed by atoms with Gasteiger partial charge in [0.05, 0.1) is 30.3 Å². The lowest BCUT2D eigenvalue weighted by atomic mass is 9.88. The summed E-state index contributed by atoms with van der Waals surface area (Å²) in [7, 11) is -3.85. The van der Waals surface area contributed by atoms with Crippen LogP contribution in [0.3, 0.4) is 0 Å². The number of likely N-dealkylation sites (tertiary alicyclic amines) is 1. The van der Waals surface area contributed by atoms with Crippen molar-refractivity contribution in [3.63, 3.8) is 0 Å². The van der Waals surface area contributed by atoms with E-state index in [0.29, 0.717) is 26.1 Å². The molecule has 2 aliphatic rings. The lowest BCUT2D eigenvalue weighted by molar-refractivity contribution is 0.0555. The first-order chi connectivity index (χ1) is 20.1. The Hall–Kier alpha value is -2.50. The Bertz CT molecular complexity index is 1210. The molecule has 0 spiro atoms. The van der Waals surface area contributed by atoms with Crippen molar-refractivity contribution in [3.05, 3.63) is 65.7 Å². The summed E-state index contributed by atoms with van der Waals surface area (Å²) in [5.74, 6) is 0.323. The largest absolute Gasteiger partial charge is 0.444 e. The van der Waals surface area contributed by atoms with E-state index in [9.17, 15) is 18.3 Å². The van der Waals surface area contributed by atoms with Crippen LogP contribution >= 0.6 is 0 Å². The van der Waals surface area contributed by atoms with E-state index in [1.165, 1.54) is 9.87 Å². The van der Waals surface area contributed by atoms with Gasteiger partial charge in [0.2, 0.25) is 10.0 Å². The zero-order chi connectivity index (χ0) is 30.1. The number of aliphatic hydroxyl groups is 1. The fourth-order valence-electron chi connectivity index (χ4n) is 5.71. The van der Waals surface area contributed by atoms with Crippen LogP contribution in [-0.2, 0) is 26.0 Å². The standard InChI is InChI=1S/C32H47N3O6S/c1-24(2)20-35(42(38,39)29-11-9-25(3)10-12-29)22-31(36)30(33-32(37)41-28-15-18-40-23-28)19-26-13-16-34(17-14-26)21-27-7-5-4-6-8-27/h4-12,24,26,28,30-31,36H,13-23H2,1-3H3,(H,33,37)/t28?,30-,31+/m0/s1. The van der Waals surface area contributed by atoms with E-state index in [-0.39, 0.29) is 35.9 Å². The molecule has 2 saturated heterocycles. The van der Waals surface area contributed by atoms with Crippen molar-refractivity contribution in [2.45, 2.75) is 76.1 Å². The van der Waals surface area contributed by atoms with Crippen LogP contribution in [0.15, 0.2) is 59.5 Å². The number of amides is 1. The van der Waals surface area contributed by atoms with Gasteiger partial charge in [0.15, 0.2) is 0 Å². The highest BCUT2D eigenvalue weighted by molar-refractivity contribution is 7.89. The Morgan fingerprint density at radius 3 is 2.38 bits per heavy atom. The molecule has 3 atom stereocenters. The van der Waals surface area contributed by atoms with Gasteiger partial charge in [-0.3, -0.25) is 4.90 Å². The number of carbonyl (C=O) groups is 1. The summed E-state index contributed by atoms with van der Waals surface area (Å²) in [5, 5.41) is 14.4. The van der Waals surface area contributed by atoms with Crippen LogP contribution < -0.4 is 5.32 Å². The molecule has 0 radical (unpaired) electrons. The number of sulfonamides is 1. The summed E-state index contributed by atoms with van der Waals surface area (Å²) in [6.07, 6.45) is 1.00. The molecule has 42 heavy (non-hydrogen) atoms. The number of nitrogens with one attached hydrogen (secondary N) is 1. The molecule has 9 nitrogen and oxygen atoms in total. The molecule has 0 aromatic heterocycles. The fraction of sp³-hybridized carbons (Fsp3) is 0.594. The first-order valence-corrected chi connectivity index (χ1v) is 16.6. The SMILES string of the molecule is Cc1ccc(S(=O)(=O)N(CC(C)C)C[C@@H](O)[C@H](CC2CCN(Cc3ccccc3)CC2)NC(=O)OC2CCOC2)cc1. The maximum Gasteiger partial charge on any atom is 0.407 e. The fourth-order valence-corrected chi connectivity index (χ4v) is 7.33. The number of aliphatic hydroxyl groups excluding tert-OH is 1. The summed E-state index contributed by atoms with van der Waals surface area (Å²) in [6, 6.07) is 16.5. The monoisotopic (exact) mass is 601 g/mol. The van der Waals surface area contributed by atoms with Crippen molar-refractivity contribution in [1.82, 2.24) is 14.5 Å². The van der Waals surface area contributed by atoms with Gasteiger partial charge in [0, 0.05) is 26.1 Å². The van der Waals surface area contributed by atoms with Gasteiger partial charge in [-0.25, -0.2) is 13.2 Å². The lowest BCUT2D eigenvalue weighted by Crippen LogP contribution is -2.51. The van der Waals surface area contributed by atoms with Gasteiger partial charge in [0.25, 0.3) is 0 Å². The van der Waals surface area contributed by atoms with Crippen molar-refractivity contribution in [1.29, 1.82) is 0 Å². The molecule has 0 bridgehead atoms. The van der Waals surface area contributed by atoms with E-state index in [2.05, 4.69) is 34.5 Å². The zero-order valence-corrected chi connectivity index (χ0v) is 26.0. The van der Waals surface area contributed by atoms with E-state index in [0.717, 1.165) is 38.0 Å². The number of hydrogen-bond acceptors (Lipinski definition) is 7. The smallest absolute Gasteiger partial charge is 0.407 e. The van der Waals surface area contributed by atoms with Crippen LogP contribution in [0.25, 0.3) is 0 Å². The number of alkyl carbamates (subject to hydrolysis) is 1. The van der Waals surface area contributed by atoms with Gasteiger partial charge in [0.1, 0.15) is 6.10 Å². The highest BCUT2D eigenvalue weighted by atomic mass is 32.2. The number of aryl methyl sites for hydroxylation is 1. The second-order valence-corrected chi connectivity index (χ2v) is 14.1. The number of rotatable bonds is 13. The highest BCUT2D eigenvalue weighted by Crippen LogP contribution is 2.26. The molecule has 1 amide bonds. The van der Waals surface area contributed by atoms with Gasteiger partial charge in [-0.15, -0.1) is 0 Å². The van der Waals surface area contributed by atoms with E-state index in [4.69, 9.17) is 9.47 Å². The maximum absolute atomic E-state index is 13.6. The molecule has 2 aliphatic heterocycles. The minimum absolute atomic E-state index is 0.0464. The van der Waals surface area contributed by atoms with Gasteiger partial charge < -0.3 is 19.9 Å². The Morgan fingerprint density at radius 1 is 1.07 bits per heavy atom. The summed E-state index contributed by atoms with van der Waals surface area (Å²) >= 11 is 0. The highest BCUT2D eigenvalue weighted by Gasteiger charge is 2.34. The van der Waals surface area contributed by atoms with Crippen LogP contribution in [0.5, 0.6) is 0 Å². The molecule has 4 rings (SSSR count). The first kappa shape index (κ1) is 32.4. The number of nitrogens with zero attached hydrogens (tertiary/aromatic N) is 2. The van der Waals surface area contributed by atoms with Crippen LogP contribution in [0, 0.1) is 18.8 Å². The Morgan fingerprint density at radius 2 is 1.76 bits per heavy atom. The molecule has 1 unspecified atom stereocenters. The third kappa shape index (κ3) is 9.50. The normalized spacial score (nSPS) is 20.1. The quantitative estimate of drug-likeness (QED) is 0.355. The summed E-state index contributed by atoms with van der Waals surface area (Å²) in [4.78, 5) is 15.5. The molecule has 0 aliphatic carbocycles. The van der Waals surface area contributed by atoms with E-state index >= 15 is 0 Å². The second-order valence-electron chi connectivity index (χ2n) is 12.2. The molecule has 2 fully saturated rings. The van der Waals surface area contributed by atoms with Crippen LogP contribution in [0.4, 0.5) is 4.79 Å². The molecule has 2 aromatic rings. The van der Waals surface area contributed by atoms with Crippen molar-refractivity contribution in [3.8, 4) is 0 Å². The number of hydrogen-bond donors (Lipinski definition) is 2. The van der Waals surface area contributed by atoms with Crippen molar-refractivity contribution in [2.24, 2.45) is 11.8 Å². The number of benzene rings is 2. The molecular formula is C32H47N3O6S. The summed E-state index contributed by atoms with van der Waals surface area (Å²) in [6.45, 7) is 9.58. The zero-order valence-electron chi connectivity index (χ0n) is 25.2. The first-order valence-electron chi connectivity index (χ1n) is 15.2. The Labute approximate surface area is 251 Å². The molecule has 0 saturated carbocycles. The topological polar surface area (TPSA) is 108 Å². The molecule has 2 aromatic carbocycles. The van der Waals surface area contributed by atoms with Crippen LogP contribution in [-0.4, -0.2) is 86.5 Å². The maximum atomic E-state index is 13.6. The van der Waals surface area contributed by atoms with Crippen molar-refractivity contribution >= 4 is 16.1 Å². The summed E-state index contributed by atoms with van der Waals surface area (Å²) < 4.78 is 39.5. The number of piperidine rings is 1. The summed E-state index contributed by atoms with van der Waals surface area (Å²) in [5.41, 5.74) is 2.25. The Balaban J connectivity index is 1.44. The second kappa shape index (κ2) is 15.3. The van der Waals surface area contributed by atoms with Crippen molar-refractivity contribution < 1.29 is 27.8 Å². The predicted octanol–water partition coefficient (Wildman–Crippen LogP) is 4.19. The van der Waals surface area contributed by atoms with E-state index in [1.54, 1.807) is 24.3 Å². The molecule has 10 heteroatoms. The number of ether oxygens (including phenoxy) is 2. The third-order valence-corrected chi connectivity index (χ3v) is 9.94. The van der Waals surface area contributed by atoms with Crippen LogP contribution in [0.2, 0.25) is 0 Å². The average molecular weight is 602 g/mol. The molecular weight excluding hydrogens is 554 g/mol. The van der Waals surface area contributed by atoms with Gasteiger partial charge >= 0.3 is 6.09 Å². The predicted molar refractivity (Wildman–Crippen MR) is 162 cm³/mol. The minimum Gasteiger partial charge on any atom is -0.444 e. The number of carbonyl (C=O) groups excluding carboxylic acids is 1. The third-order valence-electron chi connectivity index (χ3n) is 8.09. The van der Waals surface area contributed by atoms with E-state index in [1.807, 2.05) is 26.8 Å². The van der Waals surface area contributed by atoms with Gasteiger partial charge in [-0.2, -0.15) is 4.31 Å². The van der Waals surface area contributed by atoms with E-state index < -0.39 is 28.3 Å². The average Bonchev–Trinajstić information content (AvgIpc) is 3.47. The van der Waals surface area contributed by atoms with Gasteiger partial charge in [-0.1, -0.05) is 61.9 Å². The molecule has 2 heterocycles. The molecule has 2 N–H and O–H groups in total. The van der Waals surface area contributed by atoms with Crippen molar-refractivity contribution in [2.75, 3.05) is 39.4 Å². The van der Waals surface area contributed by atoms with Gasteiger partial charge in [-0.05, 0) is 68.8 Å². The Kier molecular flexibility index (Phi) is 11.8. The molecule has 232 valence electrons. The lowest BCUT2D eigenvalue weighted by Gasteiger charge is -2.36. The minimum atomic E-state index is -3.85. The van der Waals surface area contributed by atoms with Crippen LogP contribution in [0.1, 0.15) is 50.7 Å².